The van der Waals surface area contributed by atoms with Crippen molar-refractivity contribution in [2.24, 2.45) is 0 Å². The highest BCUT2D eigenvalue weighted by molar-refractivity contribution is 6.74. The lowest BCUT2D eigenvalue weighted by atomic mass is 9.61. The van der Waals surface area contributed by atoms with Crippen molar-refractivity contribution in [1.29, 1.82) is 0 Å². The van der Waals surface area contributed by atoms with Gasteiger partial charge in [0.1, 0.15) is 0 Å². The van der Waals surface area contributed by atoms with Crippen LogP contribution in [0.2, 0.25) is 18.5 Å². The Kier molecular flexibility index (Phi) is 3.89. The zero-order valence-electron chi connectivity index (χ0n) is 9.11. The van der Waals surface area contributed by atoms with E-state index in [4.69, 9.17) is 13.7 Å². The molecule has 0 radical (unpaired) electrons. The van der Waals surface area contributed by atoms with Crippen LogP contribution < -0.4 is 0 Å². The van der Waals surface area contributed by atoms with Crippen molar-refractivity contribution >= 4 is 21.4 Å². The van der Waals surface area contributed by atoms with E-state index in [2.05, 4.69) is 27.7 Å². The van der Waals surface area contributed by atoms with Crippen molar-refractivity contribution in [1.82, 2.24) is 0 Å². The normalized spacial score (nSPS) is 19.2. The number of rotatable bonds is 2. The van der Waals surface area contributed by atoms with E-state index in [0.717, 1.165) is 0 Å². The van der Waals surface area contributed by atoms with Crippen molar-refractivity contribution in [2.75, 3.05) is 0 Å². The summed E-state index contributed by atoms with van der Waals surface area (Å²) >= 11 is 0. The van der Waals surface area contributed by atoms with Crippen molar-refractivity contribution in [3.05, 3.63) is 0 Å². The molecule has 1 fully saturated rings. The summed E-state index contributed by atoms with van der Waals surface area (Å²) in [5.41, 5.74) is 0. The molecule has 1 saturated heterocycles. The third-order valence-electron chi connectivity index (χ3n) is 2.01. The van der Waals surface area contributed by atoms with Crippen LogP contribution in [0.15, 0.2) is 0 Å². The first-order valence-corrected chi connectivity index (χ1v) is 4.97. The van der Waals surface area contributed by atoms with E-state index in [0.29, 0.717) is 11.6 Å². The lowest BCUT2D eigenvalue weighted by molar-refractivity contribution is 0.271. The molecule has 0 aromatic rings. The maximum absolute atomic E-state index is 5.64. The smallest absolute Gasteiger partial charge is 0.432 e. The SMILES string of the molecule is CB1OB(C(C)C)OB(C(C)C)O1. The average Bonchev–Trinajstić information content (AvgIpc) is 2.03. The van der Waals surface area contributed by atoms with Gasteiger partial charge in [-0.2, -0.15) is 0 Å². The molecule has 0 amide bonds. The maximum atomic E-state index is 5.64. The van der Waals surface area contributed by atoms with Gasteiger partial charge in [0.15, 0.2) is 0 Å². The second kappa shape index (κ2) is 4.53. The first-order chi connectivity index (χ1) is 6.00. The van der Waals surface area contributed by atoms with Crippen LogP contribution in [-0.4, -0.2) is 21.4 Å². The van der Waals surface area contributed by atoms with E-state index < -0.39 is 0 Å². The molecule has 0 atom stereocenters. The van der Waals surface area contributed by atoms with Gasteiger partial charge in [0.05, 0.1) is 0 Å². The summed E-state index contributed by atoms with van der Waals surface area (Å²) in [6, 6.07) is 0. The van der Waals surface area contributed by atoms with E-state index in [1.807, 2.05) is 6.82 Å². The molecule has 13 heavy (non-hydrogen) atoms. The van der Waals surface area contributed by atoms with Gasteiger partial charge in [-0.25, -0.2) is 0 Å². The Hall–Kier alpha value is 0.0748. The fraction of sp³-hybridized carbons (Fsp3) is 1.00. The van der Waals surface area contributed by atoms with Crippen LogP contribution in [0.4, 0.5) is 0 Å². The van der Waals surface area contributed by atoms with Crippen molar-refractivity contribution in [3.8, 4) is 0 Å². The molecular weight excluding hydrogens is 165 g/mol. The van der Waals surface area contributed by atoms with Gasteiger partial charge in [0.2, 0.25) is 0 Å². The molecule has 1 heterocycles. The van der Waals surface area contributed by atoms with E-state index in [9.17, 15) is 0 Å². The average molecular weight is 182 g/mol. The zero-order valence-corrected chi connectivity index (χ0v) is 9.11. The second-order valence-electron chi connectivity index (χ2n) is 4.20. The third kappa shape index (κ3) is 3.04. The Morgan fingerprint density at radius 3 is 1.46 bits per heavy atom. The van der Waals surface area contributed by atoms with Gasteiger partial charge in [-0.05, 0) is 18.5 Å². The minimum atomic E-state index is -0.159. The quantitative estimate of drug-likeness (QED) is 0.610. The molecule has 0 aliphatic carbocycles. The van der Waals surface area contributed by atoms with Gasteiger partial charge in [0, 0.05) is 0 Å². The van der Waals surface area contributed by atoms with E-state index in [1.54, 1.807) is 0 Å². The molecule has 0 N–H and O–H groups in total. The van der Waals surface area contributed by atoms with Gasteiger partial charge >= 0.3 is 21.4 Å². The van der Waals surface area contributed by atoms with Gasteiger partial charge in [0.25, 0.3) is 0 Å². The molecule has 0 bridgehead atoms. The van der Waals surface area contributed by atoms with Crippen LogP contribution >= 0.6 is 0 Å². The van der Waals surface area contributed by atoms with E-state index >= 15 is 0 Å². The minimum Gasteiger partial charge on any atom is -0.453 e. The second-order valence-corrected chi connectivity index (χ2v) is 4.20. The van der Waals surface area contributed by atoms with Crippen molar-refractivity contribution in [3.63, 3.8) is 0 Å². The van der Waals surface area contributed by atoms with Crippen LogP contribution in [0.25, 0.3) is 0 Å². The van der Waals surface area contributed by atoms with E-state index in [1.165, 1.54) is 0 Å². The fourth-order valence-electron chi connectivity index (χ4n) is 1.23. The number of hydrogen-bond acceptors (Lipinski definition) is 3. The Morgan fingerprint density at radius 1 is 0.769 bits per heavy atom. The Labute approximate surface area is 81.9 Å². The molecule has 3 nitrogen and oxygen atoms in total. The zero-order chi connectivity index (χ0) is 10.0. The number of hydrogen-bond donors (Lipinski definition) is 0. The molecule has 1 aliphatic heterocycles. The molecule has 1 rings (SSSR count). The lowest BCUT2D eigenvalue weighted by Crippen LogP contribution is -2.49. The minimum absolute atomic E-state index is 0.129. The lowest BCUT2D eigenvalue weighted by Gasteiger charge is -2.32. The van der Waals surface area contributed by atoms with Crippen molar-refractivity contribution < 1.29 is 13.7 Å². The topological polar surface area (TPSA) is 27.7 Å². The van der Waals surface area contributed by atoms with Crippen LogP contribution in [0.3, 0.4) is 0 Å². The monoisotopic (exact) mass is 182 g/mol. The van der Waals surface area contributed by atoms with Crippen LogP contribution in [0.1, 0.15) is 27.7 Å². The van der Waals surface area contributed by atoms with Gasteiger partial charge < -0.3 is 13.7 Å². The van der Waals surface area contributed by atoms with Gasteiger partial charge in [-0.15, -0.1) is 0 Å². The molecule has 1 aliphatic rings. The van der Waals surface area contributed by atoms with Crippen LogP contribution in [0.5, 0.6) is 0 Å². The molecule has 0 saturated carbocycles. The van der Waals surface area contributed by atoms with Crippen LogP contribution in [0, 0.1) is 0 Å². The molecular formula is C7H17B3O3. The molecule has 0 aromatic carbocycles. The van der Waals surface area contributed by atoms with Crippen molar-refractivity contribution in [2.45, 2.75) is 46.2 Å². The summed E-state index contributed by atoms with van der Waals surface area (Å²) in [5, 5.41) is 0. The molecule has 0 spiro atoms. The first kappa shape index (κ1) is 11.2. The third-order valence-corrected chi connectivity index (χ3v) is 2.01. The summed E-state index contributed by atoms with van der Waals surface area (Å²) in [4.78, 5) is 0. The standard InChI is InChI=1S/C7H17B3O3/c1-6(2)9-11-8(5)12-10(13-9)7(3)4/h6-7H,1-5H3. The fourth-order valence-corrected chi connectivity index (χ4v) is 1.23. The Balaban J connectivity index is 2.52. The molecule has 72 valence electrons. The first-order valence-electron chi connectivity index (χ1n) is 4.97. The summed E-state index contributed by atoms with van der Waals surface area (Å²) in [6.07, 6.45) is 0. The summed E-state index contributed by atoms with van der Waals surface area (Å²) in [7, 11) is -0.416. The predicted molar refractivity (Wildman–Crippen MR) is 56.6 cm³/mol. The van der Waals surface area contributed by atoms with Crippen LogP contribution in [-0.2, 0) is 13.7 Å². The highest BCUT2D eigenvalue weighted by atomic mass is 16.7. The molecule has 0 aromatic heterocycles. The van der Waals surface area contributed by atoms with Gasteiger partial charge in [-0.1, -0.05) is 27.7 Å². The summed E-state index contributed by atoms with van der Waals surface area (Å²) in [5.74, 6) is 0.736. The maximum Gasteiger partial charge on any atom is 0.432 e. The summed E-state index contributed by atoms with van der Waals surface area (Å²) in [6.45, 7) is 10.2. The predicted octanol–water partition coefficient (Wildman–Crippen LogP) is 1.96. The largest absolute Gasteiger partial charge is 0.453 e. The Bertz CT molecular complexity index is 149. The highest BCUT2D eigenvalue weighted by Gasteiger charge is 2.40. The van der Waals surface area contributed by atoms with Gasteiger partial charge in [-0.3, -0.25) is 0 Å². The molecule has 6 heteroatoms. The molecule has 0 unspecified atom stereocenters. The Morgan fingerprint density at radius 2 is 1.15 bits per heavy atom. The van der Waals surface area contributed by atoms with E-state index in [-0.39, 0.29) is 21.4 Å². The highest BCUT2D eigenvalue weighted by Crippen LogP contribution is 2.22. The summed E-state index contributed by atoms with van der Waals surface area (Å²) < 4.78 is 16.6.